The Bertz CT molecular complexity index is 560. The van der Waals surface area contributed by atoms with Crippen LogP contribution < -0.4 is 5.73 Å². The monoisotopic (exact) mass is 277 g/mol. The molecule has 1 unspecified atom stereocenters. The summed E-state index contributed by atoms with van der Waals surface area (Å²) in [5.41, 5.74) is 7.23. The van der Waals surface area contributed by atoms with Crippen LogP contribution in [-0.4, -0.2) is 0 Å². The lowest BCUT2D eigenvalue weighted by molar-refractivity contribution is 0.509. The summed E-state index contributed by atoms with van der Waals surface area (Å²) in [6, 6.07) is 1.36. The zero-order valence-electron chi connectivity index (χ0n) is 8.77. The Hall–Kier alpha value is -0.410. The Morgan fingerprint density at radius 2 is 1.88 bits per heavy atom. The Labute approximate surface area is 108 Å². The lowest BCUT2D eigenvalue weighted by Crippen LogP contribution is -2.04. The second kappa shape index (κ2) is 4.11. The van der Waals surface area contributed by atoms with E-state index in [0.29, 0.717) is 26.4 Å². The molecule has 2 N–H and O–H groups in total. The molecule has 0 spiro atoms. The first kappa shape index (κ1) is 12.1. The molecule has 0 saturated carbocycles. The average Bonchev–Trinajstić information content (AvgIpc) is 2.53. The zero-order chi connectivity index (χ0) is 12.0. The van der Waals surface area contributed by atoms with Gasteiger partial charge in [0.25, 0.3) is 0 Å². The Morgan fingerprint density at radius 1 is 1.25 bits per heavy atom. The molecular formula is C11H10Cl3NO. The van der Waals surface area contributed by atoms with Crippen LogP contribution in [0.25, 0.3) is 11.0 Å². The molecule has 5 heteroatoms. The molecule has 0 saturated heterocycles. The highest BCUT2D eigenvalue weighted by molar-refractivity contribution is 6.47. The molecule has 0 amide bonds. The summed E-state index contributed by atoms with van der Waals surface area (Å²) in [5.74, 6) is 0.682. The van der Waals surface area contributed by atoms with Crippen molar-refractivity contribution in [2.24, 2.45) is 5.73 Å². The topological polar surface area (TPSA) is 39.2 Å². The number of halogens is 3. The number of rotatable bonds is 1. The van der Waals surface area contributed by atoms with Gasteiger partial charge in [-0.15, -0.1) is 0 Å². The van der Waals surface area contributed by atoms with Crippen molar-refractivity contribution in [1.82, 2.24) is 0 Å². The maximum atomic E-state index is 6.13. The van der Waals surface area contributed by atoms with Crippen LogP contribution in [0, 0.1) is 6.92 Å². The predicted octanol–water partition coefficient (Wildman–Crippen LogP) is 4.72. The standard InChI is InChI=1S/C11H10Cl3NO/c1-4-8-9(14)6(12)3-7(13)11(8)16-10(4)5(2)15/h3,5H,15H2,1-2H3. The molecule has 0 aliphatic carbocycles. The van der Waals surface area contributed by atoms with E-state index in [4.69, 9.17) is 45.0 Å². The second-order valence-corrected chi connectivity index (χ2v) is 4.93. The highest BCUT2D eigenvalue weighted by atomic mass is 35.5. The maximum Gasteiger partial charge on any atom is 0.154 e. The van der Waals surface area contributed by atoms with E-state index in [1.54, 1.807) is 6.07 Å². The number of aryl methyl sites for hydroxylation is 1. The first-order valence-electron chi connectivity index (χ1n) is 4.75. The predicted molar refractivity (Wildman–Crippen MR) is 68.6 cm³/mol. The third kappa shape index (κ3) is 1.70. The number of benzene rings is 1. The van der Waals surface area contributed by atoms with Crippen molar-refractivity contribution in [2.75, 3.05) is 0 Å². The van der Waals surface area contributed by atoms with Gasteiger partial charge in [0.15, 0.2) is 5.58 Å². The summed E-state index contributed by atoms with van der Waals surface area (Å²) >= 11 is 18.1. The van der Waals surface area contributed by atoms with Crippen LogP contribution >= 0.6 is 34.8 Å². The van der Waals surface area contributed by atoms with E-state index in [1.807, 2.05) is 13.8 Å². The van der Waals surface area contributed by atoms with E-state index in [-0.39, 0.29) is 6.04 Å². The molecular weight excluding hydrogens is 268 g/mol. The molecule has 0 aliphatic rings. The van der Waals surface area contributed by atoms with Crippen LogP contribution in [0.15, 0.2) is 10.5 Å². The van der Waals surface area contributed by atoms with E-state index in [2.05, 4.69) is 0 Å². The van der Waals surface area contributed by atoms with Gasteiger partial charge in [0.2, 0.25) is 0 Å². The van der Waals surface area contributed by atoms with Gasteiger partial charge in [0, 0.05) is 10.9 Å². The number of furan rings is 1. The van der Waals surface area contributed by atoms with Crippen molar-refractivity contribution in [1.29, 1.82) is 0 Å². The molecule has 0 aliphatic heterocycles. The fraction of sp³-hybridized carbons (Fsp3) is 0.273. The third-order valence-corrected chi connectivity index (χ3v) is 3.56. The van der Waals surface area contributed by atoms with Crippen molar-refractivity contribution in [3.63, 3.8) is 0 Å². The van der Waals surface area contributed by atoms with E-state index in [1.165, 1.54) is 0 Å². The molecule has 1 heterocycles. The van der Waals surface area contributed by atoms with E-state index < -0.39 is 0 Å². The third-order valence-electron chi connectivity index (χ3n) is 2.50. The van der Waals surface area contributed by atoms with Gasteiger partial charge in [-0.3, -0.25) is 0 Å². The fourth-order valence-electron chi connectivity index (χ4n) is 1.76. The molecule has 0 bridgehead atoms. The number of hydrogen-bond acceptors (Lipinski definition) is 2. The summed E-state index contributed by atoms with van der Waals surface area (Å²) in [6.45, 7) is 3.73. The highest BCUT2D eigenvalue weighted by Crippen LogP contribution is 2.41. The van der Waals surface area contributed by atoms with E-state index in [0.717, 1.165) is 10.9 Å². The van der Waals surface area contributed by atoms with Gasteiger partial charge in [-0.1, -0.05) is 34.8 Å². The highest BCUT2D eigenvalue weighted by Gasteiger charge is 2.20. The average molecular weight is 279 g/mol. The van der Waals surface area contributed by atoms with Crippen LogP contribution in [-0.2, 0) is 0 Å². The molecule has 2 aromatic rings. The largest absolute Gasteiger partial charge is 0.458 e. The fourth-order valence-corrected chi connectivity index (χ4v) is 2.54. The maximum absolute atomic E-state index is 6.13. The summed E-state index contributed by atoms with van der Waals surface area (Å²) in [7, 11) is 0. The summed E-state index contributed by atoms with van der Waals surface area (Å²) in [4.78, 5) is 0. The van der Waals surface area contributed by atoms with E-state index in [9.17, 15) is 0 Å². The van der Waals surface area contributed by atoms with Crippen LogP contribution in [0.4, 0.5) is 0 Å². The molecule has 1 atom stereocenters. The Kier molecular flexibility index (Phi) is 3.10. The van der Waals surface area contributed by atoms with Crippen LogP contribution in [0.2, 0.25) is 15.1 Å². The minimum absolute atomic E-state index is 0.210. The van der Waals surface area contributed by atoms with Crippen LogP contribution in [0.5, 0.6) is 0 Å². The molecule has 0 radical (unpaired) electrons. The van der Waals surface area contributed by atoms with Gasteiger partial charge in [0.1, 0.15) is 5.76 Å². The molecule has 2 nitrogen and oxygen atoms in total. The molecule has 86 valence electrons. The van der Waals surface area contributed by atoms with Crippen LogP contribution in [0.3, 0.4) is 0 Å². The van der Waals surface area contributed by atoms with Gasteiger partial charge in [-0.25, -0.2) is 0 Å². The van der Waals surface area contributed by atoms with Crippen molar-refractivity contribution < 1.29 is 4.42 Å². The van der Waals surface area contributed by atoms with Gasteiger partial charge < -0.3 is 10.2 Å². The van der Waals surface area contributed by atoms with Crippen molar-refractivity contribution in [3.05, 3.63) is 32.5 Å². The van der Waals surface area contributed by atoms with Crippen LogP contribution in [0.1, 0.15) is 24.3 Å². The van der Waals surface area contributed by atoms with Crippen molar-refractivity contribution in [3.8, 4) is 0 Å². The van der Waals surface area contributed by atoms with E-state index >= 15 is 0 Å². The smallest absolute Gasteiger partial charge is 0.154 e. The van der Waals surface area contributed by atoms with Gasteiger partial charge in [0.05, 0.1) is 21.1 Å². The minimum Gasteiger partial charge on any atom is -0.458 e. The minimum atomic E-state index is -0.210. The summed E-state index contributed by atoms with van der Waals surface area (Å²) < 4.78 is 5.63. The van der Waals surface area contributed by atoms with Crippen molar-refractivity contribution >= 4 is 45.8 Å². The molecule has 1 aromatic carbocycles. The number of fused-ring (bicyclic) bond motifs is 1. The Morgan fingerprint density at radius 3 is 2.44 bits per heavy atom. The summed E-state index contributed by atoms with van der Waals surface area (Å²) in [5, 5.41) is 2.05. The van der Waals surface area contributed by atoms with Gasteiger partial charge in [-0.2, -0.15) is 0 Å². The van der Waals surface area contributed by atoms with Gasteiger partial charge in [-0.05, 0) is 19.9 Å². The summed E-state index contributed by atoms with van der Waals surface area (Å²) in [6.07, 6.45) is 0. The molecule has 16 heavy (non-hydrogen) atoms. The molecule has 2 rings (SSSR count). The quantitative estimate of drug-likeness (QED) is 0.767. The lowest BCUT2D eigenvalue weighted by atomic mass is 10.1. The van der Waals surface area contributed by atoms with Crippen molar-refractivity contribution in [2.45, 2.75) is 19.9 Å². The number of nitrogens with two attached hydrogens (primary N) is 1. The van der Waals surface area contributed by atoms with Gasteiger partial charge >= 0.3 is 0 Å². The normalized spacial score (nSPS) is 13.4. The zero-order valence-corrected chi connectivity index (χ0v) is 11.0. The Balaban J connectivity index is 2.91. The first-order chi connectivity index (χ1) is 7.43. The second-order valence-electron chi connectivity index (χ2n) is 3.74. The molecule has 1 aromatic heterocycles. The lowest BCUT2D eigenvalue weighted by Gasteiger charge is -2.01. The molecule has 0 fully saturated rings. The number of hydrogen-bond donors (Lipinski definition) is 1. The first-order valence-corrected chi connectivity index (χ1v) is 5.89. The SMILES string of the molecule is Cc1c(C(C)N)oc2c(Cl)cc(Cl)c(Cl)c12.